The summed E-state index contributed by atoms with van der Waals surface area (Å²) in [5, 5.41) is 0. The van der Waals surface area contributed by atoms with E-state index in [1.54, 1.807) is 12.2 Å². The van der Waals surface area contributed by atoms with E-state index in [-0.39, 0.29) is 0 Å². The molecule has 0 bridgehead atoms. The van der Waals surface area contributed by atoms with Crippen molar-refractivity contribution >= 4 is 0 Å². The van der Waals surface area contributed by atoms with Crippen molar-refractivity contribution in [2.45, 2.75) is 6.42 Å². The molecule has 1 rings (SSSR count). The van der Waals surface area contributed by atoms with Crippen LogP contribution in [0.3, 0.4) is 0 Å². The summed E-state index contributed by atoms with van der Waals surface area (Å²) >= 11 is 0. The van der Waals surface area contributed by atoms with Crippen molar-refractivity contribution in [2.24, 2.45) is 0 Å². The molecule has 0 unspecified atom stereocenters. The van der Waals surface area contributed by atoms with Crippen LogP contribution in [0.25, 0.3) is 0 Å². The monoisotopic (exact) mass is 120 g/mol. The van der Waals surface area contributed by atoms with Gasteiger partial charge in [0.1, 0.15) is 0 Å². The van der Waals surface area contributed by atoms with Gasteiger partial charge in [0, 0.05) is 0 Å². The highest BCUT2D eigenvalue weighted by Crippen LogP contribution is 1.93. The Hall–Kier alpha value is -1.04. The van der Waals surface area contributed by atoms with Crippen LogP contribution in [0.1, 0.15) is 6.42 Å². The Morgan fingerprint density at radius 3 is 1.56 bits per heavy atom. The van der Waals surface area contributed by atoms with Gasteiger partial charge >= 0.3 is 0 Å². The van der Waals surface area contributed by atoms with Crippen molar-refractivity contribution in [1.82, 2.24) is 0 Å². The molecule has 0 N–H and O–H groups in total. The van der Waals surface area contributed by atoms with Gasteiger partial charge in [-0.15, -0.1) is 0 Å². The van der Waals surface area contributed by atoms with Crippen LogP contribution in [0.2, 0.25) is 0 Å². The predicted molar refractivity (Wildman–Crippen MR) is 43.3 cm³/mol. The normalized spacial score (nSPS) is 12.0. The number of hydrogen-bond acceptors (Lipinski definition) is 0. The molecule has 1 aliphatic rings. The van der Waals surface area contributed by atoms with Crippen LogP contribution in [0.15, 0.2) is 49.6 Å². The molecule has 0 atom stereocenters. The summed E-state index contributed by atoms with van der Waals surface area (Å²) in [6.07, 6.45) is 12.8. The Kier molecular flexibility index (Phi) is 6.16. The molecule has 0 aromatic carbocycles. The summed E-state index contributed by atoms with van der Waals surface area (Å²) in [5.74, 6) is 0. The third kappa shape index (κ3) is 6.96. The lowest BCUT2D eigenvalue weighted by Crippen LogP contribution is -1.37. The second-order valence-electron chi connectivity index (χ2n) is 1.56. The first-order chi connectivity index (χ1) is 4.41. The molecule has 0 radical (unpaired) electrons. The molecule has 0 aliphatic heterocycles. The van der Waals surface area contributed by atoms with Crippen molar-refractivity contribution < 1.29 is 0 Å². The predicted octanol–water partition coefficient (Wildman–Crippen LogP) is 2.86. The Labute approximate surface area is 56.9 Å². The molecule has 0 heteroatoms. The lowest BCUT2D eigenvalue weighted by molar-refractivity contribution is 1.45. The van der Waals surface area contributed by atoms with Gasteiger partial charge in [-0.05, 0) is 6.42 Å². The first kappa shape index (κ1) is 7.96. The van der Waals surface area contributed by atoms with Crippen LogP contribution in [0.5, 0.6) is 0 Å². The fraction of sp³-hybridized carbons (Fsp3) is 0.111. The fourth-order valence-electron chi connectivity index (χ4n) is 0.393. The van der Waals surface area contributed by atoms with E-state index in [1.165, 1.54) is 0 Å². The number of rotatable bonds is 1. The van der Waals surface area contributed by atoms with E-state index in [2.05, 4.69) is 37.5 Å². The van der Waals surface area contributed by atoms with E-state index < -0.39 is 0 Å². The molecular formula is C9H12. The second-order valence-corrected chi connectivity index (χ2v) is 1.56. The van der Waals surface area contributed by atoms with Crippen LogP contribution in [-0.2, 0) is 0 Å². The molecule has 0 saturated carbocycles. The zero-order chi connectivity index (χ0) is 6.95. The third-order valence-electron chi connectivity index (χ3n) is 0.822. The van der Waals surface area contributed by atoms with E-state index >= 15 is 0 Å². The molecule has 0 aromatic heterocycles. The van der Waals surface area contributed by atoms with Gasteiger partial charge in [-0.25, -0.2) is 0 Å². The molecule has 0 aromatic rings. The van der Waals surface area contributed by atoms with E-state index in [9.17, 15) is 0 Å². The zero-order valence-electron chi connectivity index (χ0n) is 5.59. The summed E-state index contributed by atoms with van der Waals surface area (Å²) in [7, 11) is 0. The number of allylic oxidation sites excluding steroid dienone is 6. The summed E-state index contributed by atoms with van der Waals surface area (Å²) < 4.78 is 0. The maximum atomic E-state index is 3.36. The van der Waals surface area contributed by atoms with Gasteiger partial charge in [0.2, 0.25) is 0 Å². The Morgan fingerprint density at radius 1 is 1.00 bits per heavy atom. The van der Waals surface area contributed by atoms with Crippen molar-refractivity contribution in [3.05, 3.63) is 49.6 Å². The fourth-order valence-corrected chi connectivity index (χ4v) is 0.393. The average molecular weight is 120 g/mol. The standard InChI is InChI=1S/C5H6.C4H6/c1-2-4-5-3-1;1-3-4-2/h1-4H,5H2;3-4H,1-2H2. The largest absolute Gasteiger partial charge is 0.0991 e. The van der Waals surface area contributed by atoms with Gasteiger partial charge in [0.15, 0.2) is 0 Å². The molecule has 1 aliphatic carbocycles. The highest BCUT2D eigenvalue weighted by Gasteiger charge is 1.72. The minimum Gasteiger partial charge on any atom is -0.0991 e. The van der Waals surface area contributed by atoms with E-state index in [0.717, 1.165) is 6.42 Å². The van der Waals surface area contributed by atoms with E-state index in [1.807, 2.05) is 0 Å². The highest BCUT2D eigenvalue weighted by atomic mass is 13.8. The van der Waals surface area contributed by atoms with Crippen LogP contribution in [0, 0.1) is 0 Å². The molecule has 0 amide bonds. The van der Waals surface area contributed by atoms with Gasteiger partial charge in [-0.2, -0.15) is 0 Å². The Morgan fingerprint density at radius 2 is 1.44 bits per heavy atom. The number of hydrogen-bond donors (Lipinski definition) is 0. The van der Waals surface area contributed by atoms with Crippen LogP contribution >= 0.6 is 0 Å². The summed E-state index contributed by atoms with van der Waals surface area (Å²) in [6.45, 7) is 6.72. The molecule has 48 valence electrons. The average Bonchev–Trinajstić information content (AvgIpc) is 2.43. The SMILES string of the molecule is C1=CCC=C1.C=CC=C. The van der Waals surface area contributed by atoms with Crippen molar-refractivity contribution in [3.63, 3.8) is 0 Å². The minimum absolute atomic E-state index is 1.14. The Bertz CT molecular complexity index is 111. The van der Waals surface area contributed by atoms with Gasteiger partial charge in [0.05, 0.1) is 0 Å². The summed E-state index contributed by atoms with van der Waals surface area (Å²) in [6, 6.07) is 0. The minimum atomic E-state index is 1.14. The van der Waals surface area contributed by atoms with E-state index in [0.29, 0.717) is 0 Å². The van der Waals surface area contributed by atoms with Gasteiger partial charge in [-0.3, -0.25) is 0 Å². The Balaban J connectivity index is 0.000000148. The quantitative estimate of drug-likeness (QED) is 0.467. The van der Waals surface area contributed by atoms with Crippen molar-refractivity contribution in [1.29, 1.82) is 0 Å². The maximum absolute atomic E-state index is 3.36. The van der Waals surface area contributed by atoms with Crippen molar-refractivity contribution in [2.75, 3.05) is 0 Å². The lowest BCUT2D eigenvalue weighted by Gasteiger charge is -1.57. The van der Waals surface area contributed by atoms with Gasteiger partial charge < -0.3 is 0 Å². The first-order valence-electron chi connectivity index (χ1n) is 2.97. The maximum Gasteiger partial charge on any atom is -0.0163 e. The van der Waals surface area contributed by atoms with E-state index in [4.69, 9.17) is 0 Å². The van der Waals surface area contributed by atoms with Crippen LogP contribution in [0.4, 0.5) is 0 Å². The molecule has 0 spiro atoms. The molecule has 9 heavy (non-hydrogen) atoms. The molecular weight excluding hydrogens is 108 g/mol. The molecule has 0 nitrogen and oxygen atoms in total. The van der Waals surface area contributed by atoms with Gasteiger partial charge in [-0.1, -0.05) is 49.6 Å². The summed E-state index contributed by atoms with van der Waals surface area (Å²) in [4.78, 5) is 0. The molecule has 0 heterocycles. The zero-order valence-corrected chi connectivity index (χ0v) is 5.59. The topological polar surface area (TPSA) is 0 Å². The molecule has 0 saturated heterocycles. The second kappa shape index (κ2) is 6.96. The third-order valence-corrected chi connectivity index (χ3v) is 0.822. The smallest absolute Gasteiger partial charge is 0.0163 e. The van der Waals surface area contributed by atoms with Crippen molar-refractivity contribution in [3.8, 4) is 0 Å². The highest BCUT2D eigenvalue weighted by molar-refractivity contribution is 5.11. The summed E-state index contributed by atoms with van der Waals surface area (Å²) in [5.41, 5.74) is 0. The lowest BCUT2D eigenvalue weighted by atomic mass is 10.5. The van der Waals surface area contributed by atoms with Crippen LogP contribution in [-0.4, -0.2) is 0 Å². The van der Waals surface area contributed by atoms with Gasteiger partial charge in [0.25, 0.3) is 0 Å². The first-order valence-corrected chi connectivity index (χ1v) is 2.97. The molecule has 0 fully saturated rings. The van der Waals surface area contributed by atoms with Crippen LogP contribution < -0.4 is 0 Å².